The summed E-state index contributed by atoms with van der Waals surface area (Å²) in [6, 6.07) is 17.2. The van der Waals surface area contributed by atoms with Crippen LogP contribution in [0.25, 0.3) is 5.70 Å². The molecule has 46 heavy (non-hydrogen) atoms. The molecule has 1 aliphatic rings. The van der Waals surface area contributed by atoms with Crippen LogP contribution in [0, 0.1) is 5.92 Å². The number of ether oxygens (including phenoxy) is 2. The molecule has 0 bridgehead atoms. The van der Waals surface area contributed by atoms with E-state index in [1.807, 2.05) is 0 Å². The summed E-state index contributed by atoms with van der Waals surface area (Å²) in [5.74, 6) is -2.68. The first-order chi connectivity index (χ1) is 21.7. The highest BCUT2D eigenvalue weighted by atomic mass is 19.4. The Labute approximate surface area is 265 Å². The molecule has 0 fully saturated rings. The van der Waals surface area contributed by atoms with E-state index < -0.39 is 54.0 Å². The molecule has 0 saturated heterocycles. The van der Waals surface area contributed by atoms with E-state index in [2.05, 4.69) is 0 Å². The summed E-state index contributed by atoms with van der Waals surface area (Å²) in [5.41, 5.74) is -3.26. The van der Waals surface area contributed by atoms with E-state index in [0.717, 1.165) is 11.8 Å². The first-order valence-electron chi connectivity index (χ1n) is 14.5. The molecular formula is C34H36F3N3O6. The van der Waals surface area contributed by atoms with Crippen LogP contribution in [0.2, 0.25) is 0 Å². The Balaban J connectivity index is 2.06. The quantitative estimate of drug-likeness (QED) is 0.302. The molecule has 3 amide bonds. The first kappa shape index (κ1) is 34.0. The van der Waals surface area contributed by atoms with Gasteiger partial charge in [0.25, 0.3) is 17.5 Å². The van der Waals surface area contributed by atoms with Crippen LogP contribution in [0.3, 0.4) is 0 Å². The van der Waals surface area contributed by atoms with Gasteiger partial charge in [0.1, 0.15) is 6.04 Å². The number of hydrogen-bond donors (Lipinski definition) is 2. The molecule has 0 aliphatic carbocycles. The van der Waals surface area contributed by atoms with E-state index in [9.17, 15) is 19.5 Å². The maximum Gasteiger partial charge on any atom is 0.438 e. The van der Waals surface area contributed by atoms with E-state index >= 15 is 13.2 Å². The lowest BCUT2D eigenvalue weighted by Gasteiger charge is -2.49. The molecule has 3 aromatic carbocycles. The van der Waals surface area contributed by atoms with Crippen LogP contribution in [-0.4, -0.2) is 70.8 Å². The lowest BCUT2D eigenvalue weighted by molar-refractivity contribution is -0.287. The Bertz CT molecular complexity index is 1600. The SMILES string of the molecule is COc1ccc(C2=CN(C(=O)c3ccccc3)C(C(C)C)C(=O)N2C(Cc2ccccc2)C(O)(NC(C)=O)C(F)(F)F)cc1OC. The largest absolute Gasteiger partial charge is 0.493 e. The number of amides is 3. The number of methoxy groups -OCH3 is 2. The summed E-state index contributed by atoms with van der Waals surface area (Å²) in [5, 5.41) is 13.2. The van der Waals surface area contributed by atoms with Crippen molar-refractivity contribution >= 4 is 23.4 Å². The second-order valence-corrected chi connectivity index (χ2v) is 11.2. The van der Waals surface area contributed by atoms with Gasteiger partial charge in [0.2, 0.25) is 5.91 Å². The molecule has 3 unspecified atom stereocenters. The first-order valence-corrected chi connectivity index (χ1v) is 14.5. The zero-order valence-electron chi connectivity index (χ0n) is 26.0. The minimum atomic E-state index is -5.44. The molecule has 9 nitrogen and oxygen atoms in total. The summed E-state index contributed by atoms with van der Waals surface area (Å²) in [6.07, 6.45) is -4.65. The van der Waals surface area contributed by atoms with Crippen molar-refractivity contribution in [3.63, 3.8) is 0 Å². The maximum atomic E-state index is 15.0. The summed E-state index contributed by atoms with van der Waals surface area (Å²) in [7, 11) is 2.78. The van der Waals surface area contributed by atoms with Crippen LogP contribution in [0.5, 0.6) is 11.5 Å². The fourth-order valence-electron chi connectivity index (χ4n) is 5.58. The third kappa shape index (κ3) is 6.71. The fourth-order valence-corrected chi connectivity index (χ4v) is 5.58. The summed E-state index contributed by atoms with van der Waals surface area (Å²) in [6.45, 7) is 4.17. The summed E-state index contributed by atoms with van der Waals surface area (Å²) < 4.78 is 55.8. The molecule has 1 aliphatic heterocycles. The van der Waals surface area contributed by atoms with Gasteiger partial charge >= 0.3 is 6.18 Å². The molecular weight excluding hydrogens is 603 g/mol. The topological polar surface area (TPSA) is 108 Å². The highest BCUT2D eigenvalue weighted by Gasteiger charge is 2.63. The molecule has 0 aromatic heterocycles. The zero-order chi connectivity index (χ0) is 33.8. The smallest absolute Gasteiger partial charge is 0.438 e. The van der Waals surface area contributed by atoms with Crippen molar-refractivity contribution in [1.82, 2.24) is 15.1 Å². The van der Waals surface area contributed by atoms with E-state index in [1.54, 1.807) is 79.8 Å². The average molecular weight is 640 g/mol. The monoisotopic (exact) mass is 639 g/mol. The molecule has 2 N–H and O–H groups in total. The van der Waals surface area contributed by atoms with Gasteiger partial charge in [-0.25, -0.2) is 0 Å². The van der Waals surface area contributed by atoms with E-state index in [-0.39, 0.29) is 22.6 Å². The van der Waals surface area contributed by atoms with Gasteiger partial charge in [0.05, 0.1) is 26.0 Å². The lowest BCUT2D eigenvalue weighted by atomic mass is 9.88. The van der Waals surface area contributed by atoms with Crippen LogP contribution in [0.1, 0.15) is 42.3 Å². The highest BCUT2D eigenvalue weighted by Crippen LogP contribution is 2.42. The normalized spacial score (nSPS) is 17.2. The Morgan fingerprint density at radius 3 is 2.04 bits per heavy atom. The molecule has 0 radical (unpaired) electrons. The molecule has 244 valence electrons. The van der Waals surface area contributed by atoms with Crippen molar-refractivity contribution < 1.29 is 42.1 Å². The fraction of sp³-hybridized carbons (Fsp3) is 0.324. The number of nitrogens with one attached hydrogen (secondary N) is 1. The van der Waals surface area contributed by atoms with Crippen LogP contribution >= 0.6 is 0 Å². The van der Waals surface area contributed by atoms with Crippen molar-refractivity contribution in [2.24, 2.45) is 5.92 Å². The molecule has 0 spiro atoms. The van der Waals surface area contributed by atoms with Gasteiger partial charge < -0.3 is 24.8 Å². The van der Waals surface area contributed by atoms with Gasteiger partial charge in [0.15, 0.2) is 11.5 Å². The number of hydrogen-bond acceptors (Lipinski definition) is 6. The van der Waals surface area contributed by atoms with Crippen molar-refractivity contribution in [2.75, 3.05) is 14.2 Å². The molecule has 3 aromatic rings. The van der Waals surface area contributed by atoms with E-state index in [1.165, 1.54) is 43.5 Å². The van der Waals surface area contributed by atoms with Crippen molar-refractivity contribution in [3.8, 4) is 11.5 Å². The molecule has 3 atom stereocenters. The Morgan fingerprint density at radius 1 is 0.935 bits per heavy atom. The summed E-state index contributed by atoms with van der Waals surface area (Å²) in [4.78, 5) is 42.9. The number of rotatable bonds is 10. The van der Waals surface area contributed by atoms with Crippen molar-refractivity contribution in [1.29, 1.82) is 0 Å². The average Bonchev–Trinajstić information content (AvgIpc) is 3.02. The Hall–Kier alpha value is -4.84. The number of carbonyl (C=O) groups excluding carboxylic acids is 3. The predicted molar refractivity (Wildman–Crippen MR) is 164 cm³/mol. The number of aliphatic hydroxyl groups is 1. The van der Waals surface area contributed by atoms with Gasteiger partial charge in [-0.05, 0) is 48.2 Å². The van der Waals surface area contributed by atoms with Crippen LogP contribution in [0.4, 0.5) is 13.2 Å². The van der Waals surface area contributed by atoms with Crippen molar-refractivity contribution in [2.45, 2.75) is 51.2 Å². The van der Waals surface area contributed by atoms with Gasteiger partial charge in [-0.3, -0.25) is 19.3 Å². The van der Waals surface area contributed by atoms with E-state index in [4.69, 9.17) is 9.47 Å². The number of benzene rings is 3. The predicted octanol–water partition coefficient (Wildman–Crippen LogP) is 5.01. The Kier molecular flexibility index (Phi) is 10.1. The standard InChI is InChI=1S/C34H36F3N3O6/c1-21(2)30-32(43)40(29(18-23-12-8-6-9-13-23)33(44,34(35,36)37)38-22(3)41)26(25-16-17-27(45-4)28(19-25)46-5)20-39(30)31(42)24-14-10-7-11-15-24/h6-17,19-21,29-30,44H,18H2,1-5H3,(H,38,41). The zero-order valence-corrected chi connectivity index (χ0v) is 26.0. The van der Waals surface area contributed by atoms with E-state index in [0.29, 0.717) is 11.3 Å². The second-order valence-electron chi connectivity index (χ2n) is 11.2. The van der Waals surface area contributed by atoms with Crippen LogP contribution in [0.15, 0.2) is 85.1 Å². The molecule has 12 heteroatoms. The van der Waals surface area contributed by atoms with Gasteiger partial charge in [-0.2, -0.15) is 13.2 Å². The highest BCUT2D eigenvalue weighted by molar-refractivity contribution is 6.03. The van der Waals surface area contributed by atoms with Gasteiger partial charge in [0, 0.05) is 24.3 Å². The van der Waals surface area contributed by atoms with Crippen LogP contribution < -0.4 is 14.8 Å². The number of halogens is 3. The van der Waals surface area contributed by atoms with Gasteiger partial charge in [-0.15, -0.1) is 0 Å². The third-order valence-electron chi connectivity index (χ3n) is 7.74. The van der Waals surface area contributed by atoms with Crippen molar-refractivity contribution in [3.05, 3.63) is 102 Å². The number of carbonyl (C=O) groups is 3. The summed E-state index contributed by atoms with van der Waals surface area (Å²) >= 11 is 0. The van der Waals surface area contributed by atoms with Crippen LogP contribution in [-0.2, 0) is 16.0 Å². The minimum Gasteiger partial charge on any atom is -0.493 e. The molecule has 0 saturated carbocycles. The second kappa shape index (κ2) is 13.7. The number of alkyl halides is 3. The lowest BCUT2D eigenvalue weighted by Crippen LogP contribution is -2.72. The Morgan fingerprint density at radius 2 is 1.52 bits per heavy atom. The molecule has 1 heterocycles. The molecule has 4 rings (SSSR count). The number of nitrogens with zero attached hydrogens (tertiary/aromatic N) is 2. The minimum absolute atomic E-state index is 0.138. The van der Waals surface area contributed by atoms with Gasteiger partial charge in [-0.1, -0.05) is 62.4 Å². The maximum absolute atomic E-state index is 15.0. The third-order valence-corrected chi connectivity index (χ3v) is 7.74.